The Morgan fingerprint density at radius 2 is 1.83 bits per heavy atom. The second kappa shape index (κ2) is 13.8. The quantitative estimate of drug-likeness (QED) is 0.239. The lowest BCUT2D eigenvalue weighted by atomic mass is 9.95. The predicted molar refractivity (Wildman–Crippen MR) is 139 cm³/mol. The van der Waals surface area contributed by atoms with Crippen LogP contribution in [0.1, 0.15) is 66.9 Å². The number of amides is 1. The summed E-state index contributed by atoms with van der Waals surface area (Å²) in [6.07, 6.45) is 10.6. The second-order valence-corrected chi connectivity index (χ2v) is 9.57. The van der Waals surface area contributed by atoms with Crippen molar-refractivity contribution in [3.63, 3.8) is 0 Å². The first-order chi connectivity index (χ1) is 17.0. The van der Waals surface area contributed by atoms with Crippen LogP contribution in [-0.4, -0.2) is 47.7 Å². The largest absolute Gasteiger partial charge is 0.465 e. The number of rotatable bonds is 13. The van der Waals surface area contributed by atoms with E-state index in [1.54, 1.807) is 6.07 Å². The van der Waals surface area contributed by atoms with Crippen LogP contribution in [0.25, 0.3) is 0 Å². The van der Waals surface area contributed by atoms with Crippen molar-refractivity contribution in [3.8, 4) is 0 Å². The van der Waals surface area contributed by atoms with E-state index in [1.165, 1.54) is 12.7 Å². The number of hydrogen-bond acceptors (Lipinski definition) is 4. The molecule has 2 aromatic rings. The number of unbranched alkanes of at least 4 members (excludes halogenated alkanes) is 1. The molecule has 1 aliphatic heterocycles. The summed E-state index contributed by atoms with van der Waals surface area (Å²) in [5, 5.41) is 10.6. The SMILES string of the molecule is COC(=O)c1cccc(CCCN2C(=O)CCC2C=C[C@@H](O)[C@@H](C)CCCCc2ccccc2)c1. The molecule has 3 atom stereocenters. The second-order valence-electron chi connectivity index (χ2n) is 9.57. The number of nitrogens with zero attached hydrogens (tertiary/aromatic N) is 1. The summed E-state index contributed by atoms with van der Waals surface area (Å²) in [6, 6.07) is 18.0. The molecule has 5 nitrogen and oxygen atoms in total. The van der Waals surface area contributed by atoms with E-state index in [1.807, 2.05) is 41.3 Å². The van der Waals surface area contributed by atoms with Crippen molar-refractivity contribution in [2.24, 2.45) is 5.92 Å². The first kappa shape index (κ1) is 26.7. The summed E-state index contributed by atoms with van der Waals surface area (Å²) in [6.45, 7) is 2.76. The summed E-state index contributed by atoms with van der Waals surface area (Å²) in [7, 11) is 1.38. The molecule has 1 fully saturated rings. The number of aliphatic hydroxyl groups excluding tert-OH is 1. The van der Waals surface area contributed by atoms with E-state index < -0.39 is 6.10 Å². The van der Waals surface area contributed by atoms with Crippen LogP contribution in [0.3, 0.4) is 0 Å². The molecular weight excluding hydrogens is 438 g/mol. The van der Waals surface area contributed by atoms with Gasteiger partial charge in [0.1, 0.15) is 0 Å². The van der Waals surface area contributed by atoms with Gasteiger partial charge in [-0.1, -0.05) is 68.0 Å². The lowest BCUT2D eigenvalue weighted by molar-refractivity contribution is -0.128. The maximum Gasteiger partial charge on any atom is 0.337 e. The normalized spacial score (nSPS) is 17.6. The van der Waals surface area contributed by atoms with Crippen LogP contribution in [0.4, 0.5) is 0 Å². The fraction of sp³-hybridized carbons (Fsp3) is 0.467. The minimum Gasteiger partial charge on any atom is -0.465 e. The van der Waals surface area contributed by atoms with Gasteiger partial charge in [0, 0.05) is 13.0 Å². The number of hydrogen-bond donors (Lipinski definition) is 1. The minimum atomic E-state index is -0.495. The third-order valence-electron chi connectivity index (χ3n) is 6.92. The van der Waals surface area contributed by atoms with Gasteiger partial charge in [0.05, 0.1) is 24.8 Å². The van der Waals surface area contributed by atoms with E-state index in [-0.39, 0.29) is 23.8 Å². The van der Waals surface area contributed by atoms with Crippen LogP contribution < -0.4 is 0 Å². The van der Waals surface area contributed by atoms with Gasteiger partial charge in [-0.05, 0) is 67.7 Å². The van der Waals surface area contributed by atoms with Crippen molar-refractivity contribution in [1.82, 2.24) is 4.90 Å². The maximum absolute atomic E-state index is 12.4. The molecular formula is C30H39NO4. The van der Waals surface area contributed by atoms with E-state index >= 15 is 0 Å². The van der Waals surface area contributed by atoms with E-state index in [2.05, 4.69) is 31.2 Å². The van der Waals surface area contributed by atoms with Crippen LogP contribution in [0, 0.1) is 5.92 Å². The molecule has 35 heavy (non-hydrogen) atoms. The highest BCUT2D eigenvalue weighted by Gasteiger charge is 2.28. The van der Waals surface area contributed by atoms with Gasteiger partial charge in [-0.3, -0.25) is 4.79 Å². The molecule has 2 aromatic carbocycles. The predicted octanol–water partition coefficient (Wildman–Crippen LogP) is 5.36. The van der Waals surface area contributed by atoms with Crippen molar-refractivity contribution in [1.29, 1.82) is 0 Å². The first-order valence-corrected chi connectivity index (χ1v) is 12.8. The molecule has 5 heteroatoms. The van der Waals surface area contributed by atoms with Gasteiger partial charge < -0.3 is 14.7 Å². The molecule has 0 aliphatic carbocycles. The highest BCUT2D eigenvalue weighted by atomic mass is 16.5. The molecule has 1 aliphatic rings. The zero-order valence-electron chi connectivity index (χ0n) is 21.1. The van der Waals surface area contributed by atoms with Gasteiger partial charge in [-0.15, -0.1) is 0 Å². The molecule has 0 aromatic heterocycles. The van der Waals surface area contributed by atoms with Gasteiger partial charge in [-0.25, -0.2) is 4.79 Å². The monoisotopic (exact) mass is 477 g/mol. The number of ether oxygens (including phenoxy) is 1. The Kier molecular flexibility index (Phi) is 10.5. The number of carbonyl (C=O) groups excluding carboxylic acids is 2. The number of likely N-dealkylation sites (tertiary alicyclic amines) is 1. The number of methoxy groups -OCH3 is 1. The standard InChI is InChI=1S/C30H39NO4/c1-23(10-6-7-13-24-11-4-3-5-12-24)28(32)19-17-27-18-20-29(33)31(27)21-9-15-25-14-8-16-26(22-25)30(34)35-2/h3-5,8,11-12,14,16-17,19,22-23,27-28,32H,6-7,9-10,13,15,18,20-21H2,1-2H3/t23-,27?,28+/m0/s1. The molecule has 1 N–H and O–H groups in total. The van der Waals surface area contributed by atoms with Crippen molar-refractivity contribution in [2.45, 2.75) is 70.4 Å². The summed E-state index contributed by atoms with van der Waals surface area (Å²) >= 11 is 0. The average molecular weight is 478 g/mol. The van der Waals surface area contributed by atoms with Gasteiger partial charge in [0.2, 0.25) is 5.91 Å². The zero-order chi connectivity index (χ0) is 25.0. The Hall–Kier alpha value is -2.92. The van der Waals surface area contributed by atoms with Crippen molar-refractivity contribution in [2.75, 3.05) is 13.7 Å². The molecule has 0 spiro atoms. The fourth-order valence-corrected chi connectivity index (χ4v) is 4.71. The maximum atomic E-state index is 12.4. The van der Waals surface area contributed by atoms with Crippen molar-refractivity contribution < 1.29 is 19.4 Å². The molecule has 1 heterocycles. The third kappa shape index (κ3) is 8.36. The van der Waals surface area contributed by atoms with Crippen LogP contribution >= 0.6 is 0 Å². The van der Waals surface area contributed by atoms with Gasteiger partial charge in [-0.2, -0.15) is 0 Å². The smallest absolute Gasteiger partial charge is 0.337 e. The third-order valence-corrected chi connectivity index (χ3v) is 6.92. The summed E-state index contributed by atoms with van der Waals surface area (Å²) in [5.41, 5.74) is 2.97. The van der Waals surface area contributed by atoms with Gasteiger partial charge in [0.15, 0.2) is 0 Å². The lowest BCUT2D eigenvalue weighted by Crippen LogP contribution is -2.33. The van der Waals surface area contributed by atoms with E-state index in [9.17, 15) is 14.7 Å². The topological polar surface area (TPSA) is 66.8 Å². The number of aliphatic hydroxyl groups is 1. The summed E-state index contributed by atoms with van der Waals surface area (Å²) in [5.74, 6) is 0.0248. The first-order valence-electron chi connectivity index (χ1n) is 12.8. The van der Waals surface area contributed by atoms with Crippen molar-refractivity contribution >= 4 is 11.9 Å². The Morgan fingerprint density at radius 1 is 1.09 bits per heavy atom. The van der Waals surface area contributed by atoms with Gasteiger partial charge >= 0.3 is 5.97 Å². The van der Waals surface area contributed by atoms with E-state index in [0.717, 1.165) is 50.5 Å². The number of carbonyl (C=O) groups is 2. The Morgan fingerprint density at radius 3 is 2.60 bits per heavy atom. The number of benzene rings is 2. The molecule has 0 saturated carbocycles. The zero-order valence-corrected chi connectivity index (χ0v) is 21.1. The molecule has 1 amide bonds. The van der Waals surface area contributed by atoms with Crippen LogP contribution in [0.2, 0.25) is 0 Å². The molecule has 1 unspecified atom stereocenters. The Labute approximate surface area is 209 Å². The summed E-state index contributed by atoms with van der Waals surface area (Å²) in [4.78, 5) is 26.1. The molecule has 3 rings (SSSR count). The van der Waals surface area contributed by atoms with Crippen LogP contribution in [0.5, 0.6) is 0 Å². The average Bonchev–Trinajstić information content (AvgIpc) is 3.24. The molecule has 0 radical (unpaired) electrons. The van der Waals surface area contributed by atoms with E-state index in [4.69, 9.17) is 4.74 Å². The number of esters is 1. The molecule has 188 valence electrons. The lowest BCUT2D eigenvalue weighted by Gasteiger charge is -2.23. The minimum absolute atomic E-state index is 0.0452. The summed E-state index contributed by atoms with van der Waals surface area (Å²) < 4.78 is 4.79. The highest BCUT2D eigenvalue weighted by molar-refractivity contribution is 5.89. The molecule has 1 saturated heterocycles. The Bertz CT molecular complexity index is 971. The Balaban J connectivity index is 1.42. The van der Waals surface area contributed by atoms with E-state index in [0.29, 0.717) is 18.5 Å². The fourth-order valence-electron chi connectivity index (χ4n) is 4.71. The van der Waals surface area contributed by atoms with Crippen LogP contribution in [0.15, 0.2) is 66.7 Å². The highest BCUT2D eigenvalue weighted by Crippen LogP contribution is 2.22. The van der Waals surface area contributed by atoms with Crippen LogP contribution in [-0.2, 0) is 22.4 Å². The number of aryl methyl sites for hydroxylation is 2. The molecule has 0 bridgehead atoms. The van der Waals surface area contributed by atoms with Gasteiger partial charge in [0.25, 0.3) is 0 Å². The van der Waals surface area contributed by atoms with Crippen molar-refractivity contribution in [3.05, 3.63) is 83.4 Å².